The van der Waals surface area contributed by atoms with Crippen LogP contribution < -0.4 is 0 Å². The highest BCUT2D eigenvalue weighted by molar-refractivity contribution is 7.11. The van der Waals surface area contributed by atoms with Crippen molar-refractivity contribution in [1.82, 2.24) is 15.1 Å². The summed E-state index contributed by atoms with van der Waals surface area (Å²) >= 11 is 1.72. The molecule has 21 heavy (non-hydrogen) atoms. The number of fused-ring (bicyclic) bond motifs is 2. The molecule has 0 bridgehead atoms. The molecule has 0 unspecified atom stereocenters. The van der Waals surface area contributed by atoms with Crippen LogP contribution in [0.15, 0.2) is 30.3 Å². The van der Waals surface area contributed by atoms with Gasteiger partial charge >= 0.3 is 0 Å². The third kappa shape index (κ3) is 2.32. The molecule has 4 rings (SSSR count). The highest BCUT2D eigenvalue weighted by Gasteiger charge is 2.37. The van der Waals surface area contributed by atoms with Crippen molar-refractivity contribution >= 4 is 17.4 Å². The number of hydrogen-bond acceptors (Lipinski definition) is 4. The minimum atomic E-state index is 0.282. The number of benzene rings is 1. The Morgan fingerprint density at radius 3 is 2.76 bits per heavy atom. The van der Waals surface area contributed by atoms with Crippen molar-refractivity contribution in [3.63, 3.8) is 0 Å². The first-order valence-corrected chi connectivity index (χ1v) is 8.37. The predicted molar refractivity (Wildman–Crippen MR) is 86.3 cm³/mol. The second-order valence-corrected chi connectivity index (χ2v) is 7.33. The fourth-order valence-electron chi connectivity index (χ4n) is 3.57. The molecule has 1 saturated heterocycles. The van der Waals surface area contributed by atoms with Gasteiger partial charge in [-0.25, -0.2) is 0 Å². The lowest BCUT2D eigenvalue weighted by atomic mass is 9.74. The molecule has 0 radical (unpaired) electrons. The maximum absolute atomic E-state index is 4.25. The smallest absolute Gasteiger partial charge is 0.131 e. The van der Waals surface area contributed by atoms with Gasteiger partial charge in [0.25, 0.3) is 0 Å². The molecule has 2 heterocycles. The highest BCUT2D eigenvalue weighted by atomic mass is 32.1. The average Bonchev–Trinajstić information content (AvgIpc) is 3.07. The van der Waals surface area contributed by atoms with Crippen LogP contribution in [0.25, 0.3) is 6.08 Å². The van der Waals surface area contributed by atoms with E-state index in [1.54, 1.807) is 11.3 Å². The zero-order chi connectivity index (χ0) is 14.3. The number of hydrogen-bond donors (Lipinski definition) is 0. The van der Waals surface area contributed by atoms with E-state index in [2.05, 4.69) is 51.5 Å². The number of nitrogens with zero attached hydrogens (tertiary/aromatic N) is 3. The molecule has 108 valence electrons. The van der Waals surface area contributed by atoms with Gasteiger partial charge in [0.2, 0.25) is 0 Å². The molecule has 2 aromatic rings. The van der Waals surface area contributed by atoms with E-state index in [4.69, 9.17) is 0 Å². The molecule has 2 aliphatic rings. The Balaban J connectivity index is 1.47. The Kier molecular flexibility index (Phi) is 3.16. The summed E-state index contributed by atoms with van der Waals surface area (Å²) in [5.41, 5.74) is 3.21. The number of piperidine rings is 1. The average molecular weight is 297 g/mol. The second-order valence-electron chi connectivity index (χ2n) is 6.07. The molecule has 1 aliphatic carbocycles. The van der Waals surface area contributed by atoms with Crippen LogP contribution in [0.4, 0.5) is 0 Å². The quantitative estimate of drug-likeness (QED) is 0.850. The van der Waals surface area contributed by atoms with Crippen LogP contribution in [-0.2, 0) is 12.0 Å². The zero-order valence-corrected chi connectivity index (χ0v) is 13.1. The number of rotatable bonds is 2. The minimum absolute atomic E-state index is 0.282. The molecule has 4 heteroatoms. The van der Waals surface area contributed by atoms with Crippen LogP contribution in [0.1, 0.15) is 34.0 Å². The lowest BCUT2D eigenvalue weighted by Crippen LogP contribution is -2.40. The largest absolute Gasteiger partial charge is 0.297 e. The van der Waals surface area contributed by atoms with Crippen LogP contribution in [-0.4, -0.2) is 28.2 Å². The zero-order valence-electron chi connectivity index (χ0n) is 12.2. The maximum atomic E-state index is 4.25. The predicted octanol–water partition coefficient (Wildman–Crippen LogP) is 3.41. The van der Waals surface area contributed by atoms with Crippen molar-refractivity contribution in [1.29, 1.82) is 0 Å². The van der Waals surface area contributed by atoms with Gasteiger partial charge in [0, 0.05) is 5.41 Å². The van der Waals surface area contributed by atoms with Crippen LogP contribution in [0.5, 0.6) is 0 Å². The van der Waals surface area contributed by atoms with Gasteiger partial charge in [0.05, 0.1) is 6.54 Å². The molecule has 1 aromatic heterocycles. The van der Waals surface area contributed by atoms with Gasteiger partial charge in [-0.05, 0) is 44.0 Å². The lowest BCUT2D eigenvalue weighted by molar-refractivity contribution is 0.177. The third-order valence-electron chi connectivity index (χ3n) is 4.75. The summed E-state index contributed by atoms with van der Waals surface area (Å²) in [5.74, 6) is 0. The summed E-state index contributed by atoms with van der Waals surface area (Å²) in [6, 6.07) is 8.84. The second kappa shape index (κ2) is 5.04. The first-order chi connectivity index (χ1) is 10.3. The van der Waals surface area contributed by atoms with Gasteiger partial charge in [0.15, 0.2) is 0 Å². The van der Waals surface area contributed by atoms with Crippen molar-refractivity contribution in [2.45, 2.75) is 31.7 Å². The van der Waals surface area contributed by atoms with Gasteiger partial charge in [-0.15, -0.1) is 21.5 Å². The van der Waals surface area contributed by atoms with Crippen LogP contribution in [0.2, 0.25) is 0 Å². The maximum Gasteiger partial charge on any atom is 0.131 e. The molecule has 1 aliphatic heterocycles. The summed E-state index contributed by atoms with van der Waals surface area (Å²) < 4.78 is 0. The van der Waals surface area contributed by atoms with E-state index in [1.807, 2.05) is 6.92 Å². The fraction of sp³-hybridized carbons (Fsp3) is 0.412. The van der Waals surface area contributed by atoms with Gasteiger partial charge in [-0.1, -0.05) is 36.4 Å². The Morgan fingerprint density at radius 2 is 2.00 bits per heavy atom. The molecule has 1 fully saturated rings. The van der Waals surface area contributed by atoms with E-state index < -0.39 is 0 Å². The molecular formula is C17H19N3S. The Hall–Kier alpha value is -1.52. The fourth-order valence-corrected chi connectivity index (χ4v) is 4.33. The van der Waals surface area contributed by atoms with Crippen LogP contribution in [0, 0.1) is 6.92 Å². The van der Waals surface area contributed by atoms with E-state index in [1.165, 1.54) is 24.0 Å². The van der Waals surface area contributed by atoms with Gasteiger partial charge < -0.3 is 0 Å². The monoisotopic (exact) mass is 297 g/mol. The Morgan fingerprint density at radius 1 is 1.19 bits per heavy atom. The summed E-state index contributed by atoms with van der Waals surface area (Å²) in [6.45, 7) is 5.24. The number of aryl methyl sites for hydroxylation is 1. The van der Waals surface area contributed by atoms with Gasteiger partial charge in [-0.2, -0.15) is 0 Å². The van der Waals surface area contributed by atoms with E-state index in [-0.39, 0.29) is 5.41 Å². The van der Waals surface area contributed by atoms with Crippen molar-refractivity contribution in [2.75, 3.05) is 13.1 Å². The Bertz CT molecular complexity index is 681. The molecule has 1 spiro atoms. The minimum Gasteiger partial charge on any atom is -0.297 e. The molecule has 0 N–H and O–H groups in total. The van der Waals surface area contributed by atoms with E-state index in [0.29, 0.717) is 0 Å². The summed E-state index contributed by atoms with van der Waals surface area (Å²) in [7, 11) is 0. The van der Waals surface area contributed by atoms with Crippen molar-refractivity contribution in [3.8, 4) is 0 Å². The van der Waals surface area contributed by atoms with Gasteiger partial charge in [0.1, 0.15) is 10.0 Å². The summed E-state index contributed by atoms with van der Waals surface area (Å²) in [4.78, 5) is 2.51. The Labute approximate surface area is 129 Å². The molecule has 0 saturated carbocycles. The topological polar surface area (TPSA) is 29.0 Å². The van der Waals surface area contributed by atoms with E-state index in [0.717, 1.165) is 29.6 Å². The van der Waals surface area contributed by atoms with Crippen LogP contribution >= 0.6 is 11.3 Å². The van der Waals surface area contributed by atoms with Crippen molar-refractivity contribution in [3.05, 3.63) is 51.5 Å². The molecule has 0 atom stereocenters. The highest BCUT2D eigenvalue weighted by Crippen LogP contribution is 2.43. The summed E-state index contributed by atoms with van der Waals surface area (Å²) in [6.07, 6.45) is 7.15. The van der Waals surface area contributed by atoms with E-state index >= 15 is 0 Å². The normalized spacial score (nSPS) is 20.0. The molecule has 1 aromatic carbocycles. The summed E-state index contributed by atoms with van der Waals surface area (Å²) in [5, 5.41) is 10.6. The number of likely N-dealkylation sites (tertiary alicyclic amines) is 1. The van der Waals surface area contributed by atoms with E-state index in [9.17, 15) is 0 Å². The van der Waals surface area contributed by atoms with Crippen molar-refractivity contribution < 1.29 is 0 Å². The van der Waals surface area contributed by atoms with Gasteiger partial charge in [-0.3, -0.25) is 4.90 Å². The number of allylic oxidation sites excluding steroid dienone is 1. The molecule has 3 nitrogen and oxygen atoms in total. The first kappa shape index (κ1) is 13.2. The van der Waals surface area contributed by atoms with Crippen LogP contribution in [0.3, 0.4) is 0 Å². The van der Waals surface area contributed by atoms with Crippen molar-refractivity contribution in [2.24, 2.45) is 0 Å². The third-order valence-corrected chi connectivity index (χ3v) is 5.58. The number of aromatic nitrogens is 2. The standard InChI is InChI=1S/C17H19N3S/c1-13-18-19-16(21-13)12-20-10-8-17(9-11-20)7-6-14-4-2-3-5-15(14)17/h2-7H,8-12H2,1H3. The SMILES string of the molecule is Cc1nnc(CN2CCC3(C=Cc4ccccc43)CC2)s1. The lowest BCUT2D eigenvalue weighted by Gasteiger charge is -2.39. The molecular weight excluding hydrogens is 278 g/mol. The first-order valence-electron chi connectivity index (χ1n) is 7.55. The molecule has 0 amide bonds.